The maximum Gasteiger partial charge on any atom is 0.267 e. The van der Waals surface area contributed by atoms with Crippen LogP contribution in [0.5, 0.6) is 0 Å². The molecule has 0 fully saturated rings. The van der Waals surface area contributed by atoms with Crippen LogP contribution in [-0.2, 0) is 13.1 Å². The molecule has 0 atom stereocenters. The fraction of sp³-hybridized carbons (Fsp3) is 0.182. The number of nitrogens with one attached hydrogen (secondary N) is 2. The fourth-order valence-corrected chi connectivity index (χ4v) is 3.62. The third-order valence-electron chi connectivity index (χ3n) is 4.91. The standard InChI is InChI=1S/C22H20ClN5O2/c1-2-10-28-19(24)15(21(29)25-13-14-7-3-4-8-17(14)23)12-16-20(28)26-18-9-5-6-11-27(18)22(16)30/h3-9,11-12,24H,2,10,13H2,1H3,(H,25,29). The van der Waals surface area contributed by atoms with Gasteiger partial charge in [-0.05, 0) is 36.2 Å². The van der Waals surface area contributed by atoms with Gasteiger partial charge in [-0.15, -0.1) is 0 Å². The van der Waals surface area contributed by atoms with Gasteiger partial charge < -0.3 is 9.88 Å². The third kappa shape index (κ3) is 3.48. The molecule has 0 saturated heterocycles. The minimum Gasteiger partial charge on any atom is -0.348 e. The van der Waals surface area contributed by atoms with Crippen LogP contribution in [-0.4, -0.2) is 19.9 Å². The van der Waals surface area contributed by atoms with Gasteiger partial charge in [-0.3, -0.25) is 19.4 Å². The molecule has 4 rings (SSSR count). The molecule has 30 heavy (non-hydrogen) atoms. The summed E-state index contributed by atoms with van der Waals surface area (Å²) in [6.07, 6.45) is 2.37. The van der Waals surface area contributed by atoms with Crippen LogP contribution in [0.15, 0.2) is 59.5 Å². The molecular formula is C22H20ClN5O2. The number of carbonyl (C=O) groups is 1. The molecule has 0 bridgehead atoms. The van der Waals surface area contributed by atoms with Crippen molar-refractivity contribution in [1.29, 1.82) is 5.41 Å². The summed E-state index contributed by atoms with van der Waals surface area (Å²) < 4.78 is 3.06. The van der Waals surface area contributed by atoms with Gasteiger partial charge in [0.25, 0.3) is 11.5 Å². The Morgan fingerprint density at radius 1 is 1.20 bits per heavy atom. The van der Waals surface area contributed by atoms with E-state index in [0.29, 0.717) is 28.2 Å². The Labute approximate surface area is 177 Å². The molecule has 0 aliphatic heterocycles. The SMILES string of the molecule is CCCn1c(=N)c(C(=O)NCc2ccccc2Cl)cc2c(=O)n3ccccc3nc21. The van der Waals surface area contributed by atoms with Crippen LogP contribution in [0.3, 0.4) is 0 Å². The number of hydrogen-bond acceptors (Lipinski definition) is 4. The maximum atomic E-state index is 13.1. The highest BCUT2D eigenvalue weighted by Gasteiger charge is 2.17. The second-order valence-corrected chi connectivity index (χ2v) is 7.32. The Hall–Kier alpha value is -3.45. The van der Waals surface area contributed by atoms with Gasteiger partial charge in [-0.2, -0.15) is 0 Å². The zero-order valence-electron chi connectivity index (χ0n) is 16.4. The van der Waals surface area contributed by atoms with E-state index in [-0.39, 0.29) is 23.2 Å². The summed E-state index contributed by atoms with van der Waals surface area (Å²) >= 11 is 6.16. The molecule has 0 aliphatic carbocycles. The van der Waals surface area contributed by atoms with Crippen LogP contribution >= 0.6 is 11.6 Å². The number of amides is 1. The van der Waals surface area contributed by atoms with Gasteiger partial charge in [-0.1, -0.05) is 42.8 Å². The minimum atomic E-state index is -0.441. The Kier molecular flexibility index (Phi) is 5.37. The lowest BCUT2D eigenvalue weighted by atomic mass is 10.1. The van der Waals surface area contributed by atoms with Crippen LogP contribution in [0.4, 0.5) is 0 Å². The van der Waals surface area contributed by atoms with Gasteiger partial charge in [0.05, 0.1) is 10.9 Å². The number of halogens is 1. The third-order valence-corrected chi connectivity index (χ3v) is 5.28. The summed E-state index contributed by atoms with van der Waals surface area (Å²) in [5, 5.41) is 12.2. The summed E-state index contributed by atoms with van der Waals surface area (Å²) in [4.78, 5) is 30.5. The maximum absolute atomic E-state index is 13.1. The number of carbonyl (C=O) groups excluding carboxylic acids is 1. The molecule has 0 aliphatic rings. The van der Waals surface area contributed by atoms with Crippen molar-refractivity contribution in [2.24, 2.45) is 0 Å². The lowest BCUT2D eigenvalue weighted by Gasteiger charge is -2.14. The van der Waals surface area contributed by atoms with Crippen LogP contribution in [0.2, 0.25) is 5.02 Å². The highest BCUT2D eigenvalue weighted by molar-refractivity contribution is 6.31. The molecule has 1 amide bonds. The Bertz CT molecular complexity index is 1390. The topological polar surface area (TPSA) is 92.2 Å². The van der Waals surface area contributed by atoms with Crippen LogP contribution in [0.1, 0.15) is 29.3 Å². The molecule has 152 valence electrons. The van der Waals surface area contributed by atoms with Gasteiger partial charge >= 0.3 is 0 Å². The van der Waals surface area contributed by atoms with E-state index in [0.717, 1.165) is 12.0 Å². The molecule has 7 nitrogen and oxygen atoms in total. The second kappa shape index (κ2) is 8.12. The highest BCUT2D eigenvalue weighted by Crippen LogP contribution is 2.15. The lowest BCUT2D eigenvalue weighted by molar-refractivity contribution is 0.0948. The number of nitrogens with zero attached hydrogens (tertiary/aromatic N) is 3. The molecule has 0 spiro atoms. The number of fused-ring (bicyclic) bond motifs is 2. The fourth-order valence-electron chi connectivity index (χ4n) is 3.41. The predicted molar refractivity (Wildman–Crippen MR) is 116 cm³/mol. The average Bonchev–Trinajstić information content (AvgIpc) is 2.75. The largest absolute Gasteiger partial charge is 0.348 e. The zero-order chi connectivity index (χ0) is 21.3. The van der Waals surface area contributed by atoms with Crippen molar-refractivity contribution < 1.29 is 4.79 Å². The van der Waals surface area contributed by atoms with E-state index in [1.54, 1.807) is 35.0 Å². The number of hydrogen-bond donors (Lipinski definition) is 2. The smallest absolute Gasteiger partial charge is 0.267 e. The molecule has 4 aromatic rings. The number of benzene rings is 1. The van der Waals surface area contributed by atoms with E-state index in [1.165, 1.54) is 10.5 Å². The van der Waals surface area contributed by atoms with Crippen LogP contribution in [0.25, 0.3) is 16.7 Å². The van der Waals surface area contributed by atoms with Crippen molar-refractivity contribution in [3.63, 3.8) is 0 Å². The van der Waals surface area contributed by atoms with Crippen molar-refractivity contribution in [3.05, 3.63) is 86.7 Å². The Morgan fingerprint density at radius 2 is 1.97 bits per heavy atom. The zero-order valence-corrected chi connectivity index (χ0v) is 17.1. The summed E-state index contributed by atoms with van der Waals surface area (Å²) in [6.45, 7) is 2.66. The highest BCUT2D eigenvalue weighted by atomic mass is 35.5. The van der Waals surface area contributed by atoms with Gasteiger partial charge in [-0.25, -0.2) is 4.98 Å². The molecule has 1 aromatic carbocycles. The first-order valence-electron chi connectivity index (χ1n) is 9.62. The Balaban J connectivity index is 1.84. The quantitative estimate of drug-likeness (QED) is 0.485. The summed E-state index contributed by atoms with van der Waals surface area (Å²) in [5.41, 5.74) is 1.54. The second-order valence-electron chi connectivity index (χ2n) is 6.92. The van der Waals surface area contributed by atoms with Crippen molar-refractivity contribution in [3.8, 4) is 0 Å². The molecule has 0 unspecified atom stereocenters. The number of aromatic nitrogens is 3. The van der Waals surface area contributed by atoms with Crippen molar-refractivity contribution in [2.75, 3.05) is 0 Å². The first-order chi connectivity index (χ1) is 14.5. The van der Waals surface area contributed by atoms with Gasteiger partial charge in [0, 0.05) is 24.3 Å². The van der Waals surface area contributed by atoms with Crippen molar-refractivity contribution >= 4 is 34.2 Å². The molecule has 8 heteroatoms. The van der Waals surface area contributed by atoms with Gasteiger partial charge in [0.2, 0.25) is 0 Å². The summed E-state index contributed by atoms with van der Waals surface area (Å²) in [5.74, 6) is -0.441. The van der Waals surface area contributed by atoms with E-state index in [2.05, 4.69) is 10.3 Å². The number of pyridine rings is 2. The predicted octanol–water partition coefficient (Wildman–Crippen LogP) is 3.12. The van der Waals surface area contributed by atoms with E-state index < -0.39 is 5.91 Å². The minimum absolute atomic E-state index is 0.0215. The van der Waals surface area contributed by atoms with Crippen molar-refractivity contribution in [2.45, 2.75) is 26.4 Å². The first kappa shape index (κ1) is 19.8. The molecule has 0 saturated carbocycles. The van der Waals surface area contributed by atoms with Crippen LogP contribution < -0.4 is 16.4 Å². The normalized spacial score (nSPS) is 11.1. The molecule has 3 heterocycles. The summed E-state index contributed by atoms with van der Waals surface area (Å²) in [7, 11) is 0. The first-order valence-corrected chi connectivity index (χ1v) is 10.00. The molecule has 2 N–H and O–H groups in total. The van der Waals surface area contributed by atoms with E-state index >= 15 is 0 Å². The van der Waals surface area contributed by atoms with Crippen LogP contribution in [0, 0.1) is 5.41 Å². The monoisotopic (exact) mass is 421 g/mol. The van der Waals surface area contributed by atoms with E-state index in [9.17, 15) is 9.59 Å². The van der Waals surface area contributed by atoms with Crippen molar-refractivity contribution in [1.82, 2.24) is 19.3 Å². The number of aryl methyl sites for hydroxylation is 1. The Morgan fingerprint density at radius 3 is 2.73 bits per heavy atom. The number of rotatable bonds is 5. The van der Waals surface area contributed by atoms with E-state index in [4.69, 9.17) is 17.0 Å². The van der Waals surface area contributed by atoms with Gasteiger partial charge in [0.1, 0.15) is 16.8 Å². The molecule has 3 aromatic heterocycles. The van der Waals surface area contributed by atoms with E-state index in [1.807, 2.05) is 25.1 Å². The summed E-state index contributed by atoms with van der Waals surface area (Å²) in [6, 6.07) is 14.0. The average molecular weight is 422 g/mol. The lowest BCUT2D eigenvalue weighted by Crippen LogP contribution is -2.34. The van der Waals surface area contributed by atoms with Gasteiger partial charge in [0.15, 0.2) is 0 Å². The molecule has 0 radical (unpaired) electrons. The molecular weight excluding hydrogens is 402 g/mol.